The standard InChI is InChI=1S/C13H16BF2O2/c1-12(2)13(3,4)18-14(17-12)10-7-5-6-9(8-10)11(15)16/h6-8,11H,1-4H3. The Morgan fingerprint density at radius 3 is 2.17 bits per heavy atom. The molecule has 0 N–H and O–H groups in total. The molecule has 0 unspecified atom stereocenters. The van der Waals surface area contributed by atoms with Gasteiger partial charge in [0.25, 0.3) is 6.43 Å². The summed E-state index contributed by atoms with van der Waals surface area (Å²) in [5, 5.41) is 0. The first-order valence-corrected chi connectivity index (χ1v) is 5.88. The molecule has 1 aromatic carbocycles. The molecule has 1 heterocycles. The fourth-order valence-corrected chi connectivity index (χ4v) is 1.75. The van der Waals surface area contributed by atoms with Gasteiger partial charge >= 0.3 is 7.12 Å². The predicted octanol–water partition coefficient (Wildman–Crippen LogP) is 2.72. The summed E-state index contributed by atoms with van der Waals surface area (Å²) in [5.74, 6) is 0. The average Bonchev–Trinajstić information content (AvgIpc) is 2.48. The molecule has 18 heavy (non-hydrogen) atoms. The number of hydrogen-bond acceptors (Lipinski definition) is 2. The molecule has 2 rings (SSSR count). The third-order valence-corrected chi connectivity index (χ3v) is 3.61. The van der Waals surface area contributed by atoms with Crippen molar-refractivity contribution >= 4 is 12.6 Å². The van der Waals surface area contributed by atoms with Crippen LogP contribution < -0.4 is 5.46 Å². The maximum Gasteiger partial charge on any atom is 0.494 e. The fourth-order valence-electron chi connectivity index (χ4n) is 1.75. The van der Waals surface area contributed by atoms with Crippen LogP contribution in [0.2, 0.25) is 0 Å². The number of halogens is 2. The maximum absolute atomic E-state index is 12.6. The third-order valence-electron chi connectivity index (χ3n) is 3.61. The first kappa shape index (κ1) is 13.5. The summed E-state index contributed by atoms with van der Waals surface area (Å²) in [4.78, 5) is 0. The Balaban J connectivity index is 2.27. The summed E-state index contributed by atoms with van der Waals surface area (Å²) in [6.07, 6.45) is -2.51. The Morgan fingerprint density at radius 2 is 1.67 bits per heavy atom. The second kappa shape index (κ2) is 4.32. The van der Waals surface area contributed by atoms with Gasteiger partial charge in [-0.1, -0.05) is 12.1 Å². The summed E-state index contributed by atoms with van der Waals surface area (Å²) in [7, 11) is -0.620. The molecule has 97 valence electrons. The Labute approximate surface area is 106 Å². The van der Waals surface area contributed by atoms with Crippen LogP contribution in [-0.4, -0.2) is 18.3 Å². The van der Waals surface area contributed by atoms with Gasteiger partial charge in [-0.3, -0.25) is 0 Å². The first-order chi connectivity index (χ1) is 8.23. The minimum Gasteiger partial charge on any atom is -0.399 e. The summed E-state index contributed by atoms with van der Waals surface area (Å²) >= 11 is 0. The van der Waals surface area contributed by atoms with E-state index < -0.39 is 24.7 Å². The smallest absolute Gasteiger partial charge is 0.399 e. The molecule has 2 nitrogen and oxygen atoms in total. The molecule has 0 spiro atoms. The summed E-state index contributed by atoms with van der Waals surface area (Å²) in [6.45, 7) is 7.70. The van der Waals surface area contributed by atoms with E-state index in [-0.39, 0.29) is 5.56 Å². The highest BCUT2D eigenvalue weighted by Crippen LogP contribution is 2.36. The molecule has 1 aliphatic heterocycles. The van der Waals surface area contributed by atoms with E-state index in [2.05, 4.69) is 6.07 Å². The van der Waals surface area contributed by atoms with Crippen LogP contribution in [0.5, 0.6) is 0 Å². The highest BCUT2D eigenvalue weighted by atomic mass is 19.3. The van der Waals surface area contributed by atoms with Crippen LogP contribution in [-0.2, 0) is 9.31 Å². The van der Waals surface area contributed by atoms with Crippen LogP contribution in [0.1, 0.15) is 39.7 Å². The van der Waals surface area contributed by atoms with E-state index in [9.17, 15) is 8.78 Å². The van der Waals surface area contributed by atoms with Gasteiger partial charge < -0.3 is 9.31 Å². The number of alkyl halides is 2. The molecular formula is C13H16BF2O2. The SMILES string of the molecule is CC1(C)OB(c2c[c]cc(C(F)F)c2)OC1(C)C. The molecule has 1 aliphatic rings. The van der Waals surface area contributed by atoms with E-state index in [0.717, 1.165) is 0 Å². The van der Waals surface area contributed by atoms with Gasteiger partial charge in [0, 0.05) is 5.56 Å². The minimum atomic E-state index is -2.51. The van der Waals surface area contributed by atoms with E-state index in [1.54, 1.807) is 6.07 Å². The summed E-state index contributed by atoms with van der Waals surface area (Å²) < 4.78 is 36.9. The van der Waals surface area contributed by atoms with Crippen LogP contribution in [0.25, 0.3) is 0 Å². The Morgan fingerprint density at radius 1 is 1.11 bits per heavy atom. The lowest BCUT2D eigenvalue weighted by molar-refractivity contribution is 0.00578. The van der Waals surface area contributed by atoms with Gasteiger partial charge in [-0.25, -0.2) is 8.78 Å². The fraction of sp³-hybridized carbons (Fsp3) is 0.538. The predicted molar refractivity (Wildman–Crippen MR) is 66.0 cm³/mol. The molecule has 1 aromatic rings. The van der Waals surface area contributed by atoms with E-state index in [0.29, 0.717) is 5.46 Å². The van der Waals surface area contributed by atoms with Crippen molar-refractivity contribution in [1.29, 1.82) is 0 Å². The molecule has 1 fully saturated rings. The van der Waals surface area contributed by atoms with Crippen LogP contribution in [0.4, 0.5) is 8.78 Å². The van der Waals surface area contributed by atoms with Crippen molar-refractivity contribution in [2.24, 2.45) is 0 Å². The number of rotatable bonds is 2. The normalized spacial score (nSPS) is 21.6. The van der Waals surface area contributed by atoms with Crippen molar-refractivity contribution < 1.29 is 18.1 Å². The Kier molecular flexibility index (Phi) is 3.24. The van der Waals surface area contributed by atoms with Crippen molar-refractivity contribution in [2.45, 2.75) is 45.3 Å². The van der Waals surface area contributed by atoms with Gasteiger partial charge in [-0.15, -0.1) is 0 Å². The van der Waals surface area contributed by atoms with E-state index in [1.807, 2.05) is 27.7 Å². The Bertz CT molecular complexity index is 430. The lowest BCUT2D eigenvalue weighted by atomic mass is 9.78. The molecule has 0 amide bonds. The van der Waals surface area contributed by atoms with Crippen LogP contribution in [0, 0.1) is 6.07 Å². The van der Waals surface area contributed by atoms with Gasteiger partial charge in [-0.05, 0) is 45.3 Å². The lowest BCUT2D eigenvalue weighted by Gasteiger charge is -2.32. The zero-order valence-corrected chi connectivity index (χ0v) is 11.0. The minimum absolute atomic E-state index is 0.0674. The van der Waals surface area contributed by atoms with Gasteiger partial charge in [0.2, 0.25) is 0 Å². The van der Waals surface area contributed by atoms with Gasteiger partial charge in [-0.2, -0.15) is 0 Å². The van der Waals surface area contributed by atoms with Gasteiger partial charge in [0.15, 0.2) is 0 Å². The number of benzene rings is 1. The molecule has 0 atom stereocenters. The second-order valence-corrected chi connectivity index (χ2v) is 5.49. The highest BCUT2D eigenvalue weighted by molar-refractivity contribution is 6.62. The van der Waals surface area contributed by atoms with Crippen molar-refractivity contribution in [2.75, 3.05) is 0 Å². The van der Waals surface area contributed by atoms with Crippen molar-refractivity contribution in [3.8, 4) is 0 Å². The topological polar surface area (TPSA) is 18.5 Å². The van der Waals surface area contributed by atoms with E-state index >= 15 is 0 Å². The third kappa shape index (κ3) is 2.29. The summed E-state index contributed by atoms with van der Waals surface area (Å²) in [6, 6.07) is 7.00. The van der Waals surface area contributed by atoms with E-state index in [4.69, 9.17) is 9.31 Å². The zero-order chi connectivity index (χ0) is 13.6. The second-order valence-electron chi connectivity index (χ2n) is 5.49. The zero-order valence-electron chi connectivity index (χ0n) is 11.0. The molecular weight excluding hydrogens is 237 g/mol. The molecule has 0 bridgehead atoms. The van der Waals surface area contributed by atoms with Crippen molar-refractivity contribution in [1.82, 2.24) is 0 Å². The summed E-state index contributed by atoms with van der Waals surface area (Å²) in [5.41, 5.74) is -0.439. The quantitative estimate of drug-likeness (QED) is 0.754. The lowest BCUT2D eigenvalue weighted by Crippen LogP contribution is -2.41. The highest BCUT2D eigenvalue weighted by Gasteiger charge is 2.51. The van der Waals surface area contributed by atoms with Crippen LogP contribution in [0.15, 0.2) is 18.2 Å². The van der Waals surface area contributed by atoms with Gasteiger partial charge in [0.05, 0.1) is 11.2 Å². The average molecular weight is 253 g/mol. The molecule has 1 radical (unpaired) electrons. The van der Waals surface area contributed by atoms with Crippen molar-refractivity contribution in [3.05, 3.63) is 29.8 Å². The largest absolute Gasteiger partial charge is 0.494 e. The van der Waals surface area contributed by atoms with E-state index in [1.165, 1.54) is 12.1 Å². The molecule has 5 heteroatoms. The monoisotopic (exact) mass is 253 g/mol. The van der Waals surface area contributed by atoms with Crippen molar-refractivity contribution in [3.63, 3.8) is 0 Å². The Hall–Kier alpha value is -0.935. The molecule has 0 aromatic heterocycles. The van der Waals surface area contributed by atoms with Crippen LogP contribution >= 0.6 is 0 Å². The number of hydrogen-bond donors (Lipinski definition) is 0. The molecule has 0 aliphatic carbocycles. The molecule has 0 saturated carbocycles. The first-order valence-electron chi connectivity index (χ1n) is 5.88. The maximum atomic E-state index is 12.6. The van der Waals surface area contributed by atoms with Gasteiger partial charge in [0.1, 0.15) is 0 Å². The molecule has 1 saturated heterocycles. The van der Waals surface area contributed by atoms with Crippen LogP contribution in [0.3, 0.4) is 0 Å².